The molecule has 0 aromatic rings. The molecule has 0 fully saturated rings. The molecule has 13 heavy (non-hydrogen) atoms. The molecule has 0 spiro atoms. The summed E-state index contributed by atoms with van der Waals surface area (Å²) >= 11 is 11.0. The summed E-state index contributed by atoms with van der Waals surface area (Å²) in [5.74, 6) is -0.110. The van der Waals surface area contributed by atoms with Crippen LogP contribution in [0.3, 0.4) is 0 Å². The predicted octanol–water partition coefficient (Wildman–Crippen LogP) is 0.178. The van der Waals surface area contributed by atoms with Crippen molar-refractivity contribution in [3.05, 3.63) is 0 Å². The normalized spacial score (nSPS) is 13.2. The van der Waals surface area contributed by atoms with Crippen molar-refractivity contribution in [1.82, 2.24) is 4.90 Å². The summed E-state index contributed by atoms with van der Waals surface area (Å²) < 4.78 is 0. The number of alkyl halides is 2. The second kappa shape index (κ2) is 7.38. The smallest absolute Gasteiger partial charge is 0.321 e. The van der Waals surface area contributed by atoms with Crippen LogP contribution in [0, 0.1) is 0 Å². The Morgan fingerprint density at radius 3 is 2.15 bits per heavy atom. The molecule has 0 aliphatic carbocycles. The summed E-state index contributed by atoms with van der Waals surface area (Å²) in [6.07, 6.45) is 0. The van der Waals surface area contributed by atoms with Crippen molar-refractivity contribution >= 4 is 29.2 Å². The molecule has 0 saturated heterocycles. The van der Waals surface area contributed by atoms with E-state index in [0.29, 0.717) is 24.8 Å². The van der Waals surface area contributed by atoms with Crippen LogP contribution < -0.4 is 5.73 Å². The second-order valence-corrected chi connectivity index (χ2v) is 3.38. The maximum atomic E-state index is 10.4. The van der Waals surface area contributed by atoms with Crippen molar-refractivity contribution in [2.45, 2.75) is 6.04 Å². The number of nitrogens with zero attached hydrogens (tertiary/aromatic N) is 1. The van der Waals surface area contributed by atoms with Crippen LogP contribution in [0.1, 0.15) is 0 Å². The third-order valence-electron chi connectivity index (χ3n) is 1.57. The van der Waals surface area contributed by atoms with Gasteiger partial charge in [-0.15, -0.1) is 23.2 Å². The molecule has 78 valence electrons. The summed E-state index contributed by atoms with van der Waals surface area (Å²) in [5.41, 5.74) is 5.35. The van der Waals surface area contributed by atoms with E-state index in [9.17, 15) is 4.79 Å². The number of aliphatic carboxylic acids is 1. The van der Waals surface area contributed by atoms with Gasteiger partial charge in [0.15, 0.2) is 0 Å². The van der Waals surface area contributed by atoms with Crippen molar-refractivity contribution in [2.75, 3.05) is 31.4 Å². The van der Waals surface area contributed by atoms with Gasteiger partial charge in [0.05, 0.1) is 0 Å². The van der Waals surface area contributed by atoms with Crippen molar-refractivity contribution in [3.63, 3.8) is 0 Å². The lowest BCUT2D eigenvalue weighted by atomic mass is 10.3. The minimum atomic E-state index is -1.01. The molecule has 0 amide bonds. The molecule has 0 bridgehead atoms. The van der Waals surface area contributed by atoms with Crippen LogP contribution in [0.2, 0.25) is 0 Å². The van der Waals surface area contributed by atoms with Crippen LogP contribution in [-0.4, -0.2) is 53.4 Å². The zero-order valence-electron chi connectivity index (χ0n) is 7.25. The lowest BCUT2D eigenvalue weighted by Crippen LogP contribution is -2.44. The first-order valence-electron chi connectivity index (χ1n) is 3.94. The quantitative estimate of drug-likeness (QED) is 0.611. The second-order valence-electron chi connectivity index (χ2n) is 2.62. The van der Waals surface area contributed by atoms with Gasteiger partial charge in [0, 0.05) is 31.4 Å². The molecule has 4 nitrogen and oxygen atoms in total. The van der Waals surface area contributed by atoms with Gasteiger partial charge >= 0.3 is 5.97 Å². The average molecular weight is 229 g/mol. The fraction of sp³-hybridized carbons (Fsp3) is 0.857. The van der Waals surface area contributed by atoms with Crippen LogP contribution in [0.4, 0.5) is 0 Å². The Bertz CT molecular complexity index is 151. The number of carboxylic acids is 1. The molecule has 1 atom stereocenters. The number of carbonyl (C=O) groups is 1. The van der Waals surface area contributed by atoms with Crippen molar-refractivity contribution in [3.8, 4) is 0 Å². The largest absolute Gasteiger partial charge is 0.480 e. The van der Waals surface area contributed by atoms with Crippen LogP contribution in [0.15, 0.2) is 0 Å². The van der Waals surface area contributed by atoms with E-state index >= 15 is 0 Å². The minimum Gasteiger partial charge on any atom is -0.480 e. The number of rotatable bonds is 7. The lowest BCUT2D eigenvalue weighted by molar-refractivity contribution is -0.138. The standard InChI is InChI=1S/C7H14Cl2N2O2/c8-1-3-11(4-2-9)5-6(10)7(12)13/h6H,1-5,10H2,(H,12,13)/t6-/m0/s1. The van der Waals surface area contributed by atoms with E-state index in [1.54, 1.807) is 0 Å². The van der Waals surface area contributed by atoms with Gasteiger partial charge in [-0.05, 0) is 0 Å². The Morgan fingerprint density at radius 2 is 1.85 bits per heavy atom. The van der Waals surface area contributed by atoms with Gasteiger partial charge in [-0.1, -0.05) is 0 Å². The molecule has 0 aromatic heterocycles. The highest BCUT2D eigenvalue weighted by atomic mass is 35.5. The highest BCUT2D eigenvalue weighted by Gasteiger charge is 2.15. The van der Waals surface area contributed by atoms with Gasteiger partial charge in [-0.25, -0.2) is 0 Å². The van der Waals surface area contributed by atoms with Crippen LogP contribution in [-0.2, 0) is 4.79 Å². The van der Waals surface area contributed by atoms with Gasteiger partial charge in [0.1, 0.15) is 6.04 Å². The van der Waals surface area contributed by atoms with Gasteiger partial charge in [0.2, 0.25) is 0 Å². The van der Waals surface area contributed by atoms with Crippen LogP contribution >= 0.6 is 23.2 Å². The van der Waals surface area contributed by atoms with E-state index < -0.39 is 12.0 Å². The lowest BCUT2D eigenvalue weighted by Gasteiger charge is -2.21. The molecular formula is C7H14Cl2N2O2. The summed E-state index contributed by atoms with van der Waals surface area (Å²) in [6.45, 7) is 1.50. The molecule has 0 aliphatic heterocycles. The van der Waals surface area contributed by atoms with E-state index in [1.165, 1.54) is 0 Å². The van der Waals surface area contributed by atoms with E-state index in [-0.39, 0.29) is 6.54 Å². The van der Waals surface area contributed by atoms with Crippen LogP contribution in [0.5, 0.6) is 0 Å². The van der Waals surface area contributed by atoms with Crippen LogP contribution in [0.25, 0.3) is 0 Å². The van der Waals surface area contributed by atoms with Gasteiger partial charge in [-0.2, -0.15) is 0 Å². The van der Waals surface area contributed by atoms with E-state index in [2.05, 4.69) is 0 Å². The zero-order valence-corrected chi connectivity index (χ0v) is 8.76. The maximum Gasteiger partial charge on any atom is 0.321 e. The topological polar surface area (TPSA) is 66.6 Å². The van der Waals surface area contributed by atoms with Gasteiger partial charge in [0.25, 0.3) is 0 Å². The van der Waals surface area contributed by atoms with Gasteiger partial charge in [-0.3, -0.25) is 9.69 Å². The number of nitrogens with two attached hydrogens (primary N) is 1. The maximum absolute atomic E-state index is 10.4. The summed E-state index contributed by atoms with van der Waals surface area (Å²) in [5, 5.41) is 8.55. The fourth-order valence-corrected chi connectivity index (χ4v) is 1.37. The molecular weight excluding hydrogens is 215 g/mol. The van der Waals surface area contributed by atoms with Gasteiger partial charge < -0.3 is 10.8 Å². The van der Waals surface area contributed by atoms with E-state index in [0.717, 1.165) is 0 Å². The van der Waals surface area contributed by atoms with E-state index in [1.807, 2.05) is 4.90 Å². The zero-order chi connectivity index (χ0) is 10.3. The first-order chi connectivity index (χ1) is 6.11. The summed E-state index contributed by atoms with van der Waals surface area (Å²) in [6, 6.07) is -0.869. The molecule has 0 heterocycles. The first-order valence-corrected chi connectivity index (χ1v) is 5.01. The highest BCUT2D eigenvalue weighted by molar-refractivity contribution is 6.18. The van der Waals surface area contributed by atoms with Crippen molar-refractivity contribution < 1.29 is 9.90 Å². The summed E-state index contributed by atoms with van der Waals surface area (Å²) in [4.78, 5) is 12.3. The average Bonchev–Trinajstić information content (AvgIpc) is 2.05. The molecule has 0 aromatic carbocycles. The first kappa shape index (κ1) is 13.0. The molecule has 0 rings (SSSR count). The predicted molar refractivity (Wildman–Crippen MR) is 53.5 cm³/mol. The van der Waals surface area contributed by atoms with E-state index in [4.69, 9.17) is 34.0 Å². The Balaban J connectivity index is 3.85. The molecule has 3 N–H and O–H groups in total. The van der Waals surface area contributed by atoms with Crippen molar-refractivity contribution in [2.24, 2.45) is 5.73 Å². The fourth-order valence-electron chi connectivity index (χ4n) is 0.890. The number of carboxylic acid groups (broad SMARTS) is 1. The number of hydrogen-bond donors (Lipinski definition) is 2. The monoisotopic (exact) mass is 228 g/mol. The number of hydrogen-bond acceptors (Lipinski definition) is 3. The minimum absolute atomic E-state index is 0.286. The molecule has 6 heteroatoms. The number of halogens is 2. The SMILES string of the molecule is N[C@@H](CN(CCCl)CCCl)C(=O)O. The summed E-state index contributed by atoms with van der Waals surface area (Å²) in [7, 11) is 0. The molecule has 0 saturated carbocycles. The highest BCUT2D eigenvalue weighted by Crippen LogP contribution is 1.94. The Kier molecular flexibility index (Phi) is 7.36. The third-order valence-corrected chi connectivity index (χ3v) is 1.91. The third kappa shape index (κ3) is 6.10. The molecule has 0 aliphatic rings. The Labute approximate surface area is 87.6 Å². The Hall–Kier alpha value is -0.0300. The molecule has 0 unspecified atom stereocenters. The Morgan fingerprint density at radius 1 is 1.38 bits per heavy atom. The van der Waals surface area contributed by atoms with Crippen molar-refractivity contribution in [1.29, 1.82) is 0 Å². The molecule has 0 radical (unpaired) electrons.